The number of carbonyl (C=O) groups is 1. The highest BCUT2D eigenvalue weighted by molar-refractivity contribution is 7.90. The molecule has 23 heavy (non-hydrogen) atoms. The number of anilines is 1. The van der Waals surface area contributed by atoms with Crippen LogP contribution in [0, 0.1) is 0 Å². The van der Waals surface area contributed by atoms with Crippen molar-refractivity contribution in [2.75, 3.05) is 18.5 Å². The molecule has 1 aromatic carbocycles. The van der Waals surface area contributed by atoms with Crippen molar-refractivity contribution in [1.29, 1.82) is 0 Å². The number of hydrogen-bond donors (Lipinski definition) is 1. The average Bonchev–Trinajstić information content (AvgIpc) is 2.94. The van der Waals surface area contributed by atoms with Crippen LogP contribution >= 0.6 is 0 Å². The van der Waals surface area contributed by atoms with Gasteiger partial charge in [0.2, 0.25) is 5.82 Å². The number of rotatable bonds is 3. The zero-order valence-electron chi connectivity index (χ0n) is 12.9. The van der Waals surface area contributed by atoms with Gasteiger partial charge in [-0.3, -0.25) is 9.48 Å². The van der Waals surface area contributed by atoms with Gasteiger partial charge in [-0.2, -0.15) is 0 Å². The third-order valence-electron chi connectivity index (χ3n) is 3.75. The lowest BCUT2D eigenvalue weighted by Crippen LogP contribution is -2.32. The Morgan fingerprint density at radius 1 is 1.30 bits per heavy atom. The number of benzene rings is 1. The highest BCUT2D eigenvalue weighted by Crippen LogP contribution is 2.28. The summed E-state index contributed by atoms with van der Waals surface area (Å²) < 4.78 is 28.1. The maximum absolute atomic E-state index is 12.4. The fourth-order valence-corrected chi connectivity index (χ4v) is 3.54. The Balaban J connectivity index is 1.88. The molecule has 0 aliphatic carbocycles. The summed E-state index contributed by atoms with van der Waals surface area (Å²) in [5.74, 6) is -1.04. The van der Waals surface area contributed by atoms with Gasteiger partial charge in [-0.1, -0.05) is 6.07 Å². The molecule has 0 unspecified atom stereocenters. The Kier molecular flexibility index (Phi) is 3.80. The van der Waals surface area contributed by atoms with E-state index in [2.05, 4.69) is 10.1 Å². The second-order valence-electron chi connectivity index (χ2n) is 5.49. The maximum Gasteiger partial charge on any atom is 0.304 e. The zero-order chi connectivity index (χ0) is 16.6. The summed E-state index contributed by atoms with van der Waals surface area (Å²) in [6.45, 7) is 0.876. The van der Waals surface area contributed by atoms with Crippen molar-refractivity contribution in [2.24, 2.45) is 7.05 Å². The number of aromatic nitrogens is 3. The Morgan fingerprint density at radius 2 is 2.09 bits per heavy atom. The number of fused-ring (bicyclic) bond motifs is 1. The SMILES string of the molecule is CN1CCCc2ccc(S(=O)(=O)NC(=O)c3ncn(C)n3)cc21. The third-order valence-corrected chi connectivity index (χ3v) is 5.08. The molecule has 0 bridgehead atoms. The van der Waals surface area contributed by atoms with Crippen LogP contribution in [0.5, 0.6) is 0 Å². The fraction of sp³-hybridized carbons (Fsp3) is 0.357. The summed E-state index contributed by atoms with van der Waals surface area (Å²) in [6, 6.07) is 4.90. The van der Waals surface area contributed by atoms with Crippen molar-refractivity contribution in [3.05, 3.63) is 35.9 Å². The quantitative estimate of drug-likeness (QED) is 0.867. The standard InChI is InChI=1S/C14H17N5O3S/c1-18-7-3-4-10-5-6-11(8-12(10)18)23(21,22)17-14(20)13-15-9-19(2)16-13/h5-6,8-9H,3-4,7H2,1-2H3,(H,17,20). The molecule has 1 amide bonds. The number of carbonyl (C=O) groups excluding carboxylic acids is 1. The van der Waals surface area contributed by atoms with Crippen molar-refractivity contribution >= 4 is 21.6 Å². The van der Waals surface area contributed by atoms with Crippen molar-refractivity contribution in [3.8, 4) is 0 Å². The molecular weight excluding hydrogens is 318 g/mol. The van der Waals surface area contributed by atoms with E-state index in [1.54, 1.807) is 19.2 Å². The van der Waals surface area contributed by atoms with Crippen LogP contribution in [0.2, 0.25) is 0 Å². The van der Waals surface area contributed by atoms with E-state index in [1.807, 2.05) is 16.7 Å². The Hall–Kier alpha value is -2.42. The first-order valence-electron chi connectivity index (χ1n) is 7.14. The molecule has 0 atom stereocenters. The summed E-state index contributed by atoms with van der Waals surface area (Å²) in [6.07, 6.45) is 3.29. The smallest absolute Gasteiger partial charge is 0.304 e. The number of aryl methyl sites for hydroxylation is 2. The highest BCUT2D eigenvalue weighted by Gasteiger charge is 2.23. The molecule has 9 heteroatoms. The number of nitrogens with zero attached hydrogens (tertiary/aromatic N) is 4. The normalized spacial score (nSPS) is 14.4. The predicted molar refractivity (Wildman–Crippen MR) is 83.7 cm³/mol. The number of nitrogens with one attached hydrogen (secondary N) is 1. The van der Waals surface area contributed by atoms with E-state index in [0.29, 0.717) is 0 Å². The molecular formula is C14H17N5O3S. The van der Waals surface area contributed by atoms with Crippen LogP contribution in [0.25, 0.3) is 0 Å². The van der Waals surface area contributed by atoms with E-state index in [-0.39, 0.29) is 10.7 Å². The molecule has 122 valence electrons. The second kappa shape index (κ2) is 5.65. The predicted octanol–water partition coefficient (Wildman–Crippen LogP) is 0.316. The van der Waals surface area contributed by atoms with Crippen molar-refractivity contribution in [1.82, 2.24) is 19.5 Å². The van der Waals surface area contributed by atoms with Crippen LogP contribution in [-0.4, -0.2) is 42.7 Å². The first kappa shape index (κ1) is 15.5. The average molecular weight is 335 g/mol. The minimum atomic E-state index is -3.97. The Morgan fingerprint density at radius 3 is 2.78 bits per heavy atom. The molecule has 0 spiro atoms. The van der Waals surface area contributed by atoms with Gasteiger partial charge in [0.05, 0.1) is 4.90 Å². The van der Waals surface area contributed by atoms with E-state index in [0.717, 1.165) is 30.6 Å². The molecule has 0 saturated heterocycles. The van der Waals surface area contributed by atoms with Crippen LogP contribution in [0.1, 0.15) is 22.6 Å². The van der Waals surface area contributed by atoms with Gasteiger partial charge in [-0.25, -0.2) is 18.1 Å². The van der Waals surface area contributed by atoms with E-state index in [9.17, 15) is 13.2 Å². The first-order valence-corrected chi connectivity index (χ1v) is 8.62. The van der Waals surface area contributed by atoms with E-state index in [4.69, 9.17) is 0 Å². The van der Waals surface area contributed by atoms with Gasteiger partial charge in [0.15, 0.2) is 0 Å². The van der Waals surface area contributed by atoms with Gasteiger partial charge >= 0.3 is 5.91 Å². The molecule has 0 saturated carbocycles. The molecule has 1 aliphatic heterocycles. The molecule has 1 aliphatic rings. The minimum Gasteiger partial charge on any atom is -0.374 e. The molecule has 2 heterocycles. The minimum absolute atomic E-state index is 0.0503. The summed E-state index contributed by atoms with van der Waals surface area (Å²) in [5, 5.41) is 3.79. The van der Waals surface area contributed by atoms with Gasteiger partial charge in [-0.05, 0) is 30.5 Å². The number of sulfonamides is 1. The molecule has 8 nitrogen and oxygen atoms in total. The van der Waals surface area contributed by atoms with E-state index in [1.165, 1.54) is 17.1 Å². The topological polar surface area (TPSA) is 97.2 Å². The van der Waals surface area contributed by atoms with Crippen molar-refractivity contribution < 1.29 is 13.2 Å². The molecule has 3 rings (SSSR count). The van der Waals surface area contributed by atoms with Crippen molar-refractivity contribution in [2.45, 2.75) is 17.7 Å². The number of amides is 1. The van der Waals surface area contributed by atoms with Crippen LogP contribution in [-0.2, 0) is 23.5 Å². The summed E-state index contributed by atoms with van der Waals surface area (Å²) >= 11 is 0. The third kappa shape index (κ3) is 3.04. The van der Waals surface area contributed by atoms with Gasteiger partial charge in [-0.15, -0.1) is 5.10 Å². The van der Waals surface area contributed by atoms with Crippen molar-refractivity contribution in [3.63, 3.8) is 0 Å². The molecule has 2 aromatic rings. The lowest BCUT2D eigenvalue weighted by Gasteiger charge is -2.27. The lowest BCUT2D eigenvalue weighted by atomic mass is 10.0. The highest BCUT2D eigenvalue weighted by atomic mass is 32.2. The van der Waals surface area contributed by atoms with Crippen LogP contribution < -0.4 is 9.62 Å². The molecule has 1 aromatic heterocycles. The summed E-state index contributed by atoms with van der Waals surface area (Å²) in [5.41, 5.74) is 1.98. The van der Waals surface area contributed by atoms with Crippen LogP contribution in [0.4, 0.5) is 5.69 Å². The van der Waals surface area contributed by atoms with Gasteiger partial charge in [0.1, 0.15) is 6.33 Å². The van der Waals surface area contributed by atoms with Gasteiger partial charge < -0.3 is 4.90 Å². The summed E-state index contributed by atoms with van der Waals surface area (Å²) in [7, 11) is -0.455. The maximum atomic E-state index is 12.4. The first-order chi connectivity index (χ1) is 10.9. The second-order valence-corrected chi connectivity index (χ2v) is 7.17. The van der Waals surface area contributed by atoms with Crippen LogP contribution in [0.15, 0.2) is 29.4 Å². The molecule has 0 radical (unpaired) electrons. The molecule has 1 N–H and O–H groups in total. The van der Waals surface area contributed by atoms with E-state index >= 15 is 0 Å². The van der Waals surface area contributed by atoms with E-state index < -0.39 is 15.9 Å². The monoisotopic (exact) mass is 335 g/mol. The van der Waals surface area contributed by atoms with Crippen LogP contribution in [0.3, 0.4) is 0 Å². The largest absolute Gasteiger partial charge is 0.374 e. The Bertz CT molecular complexity index is 859. The lowest BCUT2D eigenvalue weighted by molar-refractivity contribution is 0.0971. The zero-order valence-corrected chi connectivity index (χ0v) is 13.7. The number of hydrogen-bond acceptors (Lipinski definition) is 6. The summed E-state index contributed by atoms with van der Waals surface area (Å²) in [4.78, 5) is 17.8. The fourth-order valence-electron chi connectivity index (χ4n) is 2.57. The van der Waals surface area contributed by atoms with Gasteiger partial charge in [0.25, 0.3) is 10.0 Å². The Labute approximate surface area is 134 Å². The molecule has 0 fully saturated rings. The van der Waals surface area contributed by atoms with Gasteiger partial charge in [0, 0.05) is 26.3 Å².